The van der Waals surface area contributed by atoms with Gasteiger partial charge in [-0.05, 0) is 24.6 Å². The molecule has 1 rings (SSSR count). The Morgan fingerprint density at radius 1 is 1.36 bits per heavy atom. The maximum absolute atomic E-state index is 11.3. The molecule has 2 heteroatoms. The average Bonchev–Trinajstić information content (AvgIpc) is 2.25. The third-order valence-corrected chi connectivity index (χ3v) is 1.58. The third kappa shape index (κ3) is 3.27. The molecule has 0 saturated heterocycles. The van der Waals surface area contributed by atoms with Crippen LogP contribution >= 0.6 is 0 Å². The van der Waals surface area contributed by atoms with Crippen molar-refractivity contribution in [3.05, 3.63) is 60.9 Å². The van der Waals surface area contributed by atoms with Crippen LogP contribution in [0.15, 0.2) is 55.3 Å². The topological polar surface area (TPSA) is 26.3 Å². The van der Waals surface area contributed by atoms with E-state index in [4.69, 9.17) is 4.74 Å². The molecule has 0 aliphatic heterocycles. The fourth-order valence-corrected chi connectivity index (χ4v) is 0.904. The number of carbonyl (C=O) groups is 1. The first-order chi connectivity index (χ1) is 6.84. The van der Waals surface area contributed by atoms with Gasteiger partial charge >= 0.3 is 5.97 Å². The molecule has 0 atom stereocenters. The first kappa shape index (κ1) is 10.3. The van der Waals surface area contributed by atoms with Crippen molar-refractivity contribution in [2.75, 3.05) is 0 Å². The van der Waals surface area contributed by atoms with Gasteiger partial charge in [0.2, 0.25) is 0 Å². The van der Waals surface area contributed by atoms with Crippen LogP contribution in [-0.4, -0.2) is 5.97 Å². The van der Waals surface area contributed by atoms with Crippen LogP contribution in [0.4, 0.5) is 0 Å². The summed E-state index contributed by atoms with van der Waals surface area (Å²) < 4.78 is 4.86. The van der Waals surface area contributed by atoms with Gasteiger partial charge in [0.05, 0.1) is 11.8 Å². The summed E-state index contributed by atoms with van der Waals surface area (Å²) in [6.07, 6.45) is 5.54. The number of hydrogen-bond acceptors (Lipinski definition) is 2. The van der Waals surface area contributed by atoms with E-state index in [2.05, 4.69) is 6.58 Å². The summed E-state index contributed by atoms with van der Waals surface area (Å²) in [6.45, 7) is 3.54. The summed E-state index contributed by atoms with van der Waals surface area (Å²) in [5.41, 5.74) is 0.552. The molecule has 14 heavy (non-hydrogen) atoms. The van der Waals surface area contributed by atoms with Crippen molar-refractivity contribution in [2.45, 2.75) is 6.42 Å². The second kappa shape index (κ2) is 5.75. The van der Waals surface area contributed by atoms with E-state index in [9.17, 15) is 4.79 Å². The van der Waals surface area contributed by atoms with E-state index >= 15 is 0 Å². The minimum absolute atomic E-state index is 0.342. The fourth-order valence-electron chi connectivity index (χ4n) is 0.904. The van der Waals surface area contributed by atoms with E-state index in [1.165, 1.54) is 6.26 Å². The zero-order chi connectivity index (χ0) is 10.2. The number of ether oxygens (including phenoxy) is 1. The Kier molecular flexibility index (Phi) is 4.21. The van der Waals surface area contributed by atoms with Crippen molar-refractivity contribution in [3.63, 3.8) is 0 Å². The van der Waals surface area contributed by atoms with Gasteiger partial charge in [-0.15, -0.1) is 6.58 Å². The molecule has 0 bridgehead atoms. The Morgan fingerprint density at radius 3 is 2.71 bits per heavy atom. The largest absolute Gasteiger partial charge is 0.431 e. The summed E-state index contributed by atoms with van der Waals surface area (Å²) in [6, 6.07) is 8.87. The minimum Gasteiger partial charge on any atom is -0.431 e. The monoisotopic (exact) mass is 188 g/mol. The Labute approximate surface area is 83.5 Å². The highest BCUT2D eigenvalue weighted by molar-refractivity contribution is 5.89. The molecule has 0 aliphatic rings. The van der Waals surface area contributed by atoms with Gasteiger partial charge in [0.25, 0.3) is 0 Å². The molecular weight excluding hydrogens is 176 g/mol. The molecule has 1 aromatic rings. The van der Waals surface area contributed by atoms with Gasteiger partial charge in [0.1, 0.15) is 0 Å². The van der Waals surface area contributed by atoms with Crippen molar-refractivity contribution < 1.29 is 9.53 Å². The summed E-state index contributed by atoms with van der Waals surface area (Å²) in [5.74, 6) is -0.342. The van der Waals surface area contributed by atoms with E-state index in [1.807, 2.05) is 6.07 Å². The number of benzene rings is 1. The first-order valence-corrected chi connectivity index (χ1v) is 4.36. The molecule has 2 nitrogen and oxygen atoms in total. The van der Waals surface area contributed by atoms with Crippen LogP contribution < -0.4 is 0 Å². The number of esters is 1. The zero-order valence-corrected chi connectivity index (χ0v) is 7.85. The second-order valence-corrected chi connectivity index (χ2v) is 2.67. The molecule has 0 spiro atoms. The van der Waals surface area contributed by atoms with Crippen LogP contribution in [0.5, 0.6) is 0 Å². The van der Waals surface area contributed by atoms with E-state index in [1.54, 1.807) is 36.4 Å². The van der Waals surface area contributed by atoms with Gasteiger partial charge in [-0.2, -0.15) is 0 Å². The molecule has 0 radical (unpaired) electrons. The highest BCUT2D eigenvalue weighted by atomic mass is 16.5. The molecule has 0 aliphatic carbocycles. The molecule has 0 aromatic heterocycles. The molecule has 0 N–H and O–H groups in total. The van der Waals surface area contributed by atoms with E-state index in [0.717, 1.165) is 0 Å². The predicted octanol–water partition coefficient (Wildman–Crippen LogP) is 2.93. The van der Waals surface area contributed by atoms with Gasteiger partial charge in [-0.3, -0.25) is 0 Å². The normalized spacial score (nSPS) is 10.0. The van der Waals surface area contributed by atoms with Crippen LogP contribution in [-0.2, 0) is 4.74 Å². The molecule has 0 fully saturated rings. The van der Waals surface area contributed by atoms with Crippen molar-refractivity contribution in [2.24, 2.45) is 0 Å². The van der Waals surface area contributed by atoms with Gasteiger partial charge in [0.15, 0.2) is 0 Å². The number of rotatable bonds is 4. The molecule has 0 unspecified atom stereocenters. The Morgan fingerprint density at radius 2 is 2.07 bits per heavy atom. The van der Waals surface area contributed by atoms with Crippen LogP contribution in [0.3, 0.4) is 0 Å². The maximum atomic E-state index is 11.3. The summed E-state index contributed by atoms with van der Waals surface area (Å²) in [4.78, 5) is 11.3. The summed E-state index contributed by atoms with van der Waals surface area (Å²) in [5, 5.41) is 0. The summed E-state index contributed by atoms with van der Waals surface area (Å²) in [7, 11) is 0. The van der Waals surface area contributed by atoms with E-state index in [-0.39, 0.29) is 5.97 Å². The Balaban J connectivity index is 2.47. The molecule has 0 saturated carbocycles. The summed E-state index contributed by atoms with van der Waals surface area (Å²) >= 11 is 0. The lowest BCUT2D eigenvalue weighted by atomic mass is 10.2. The molecule has 0 amide bonds. The highest BCUT2D eigenvalue weighted by Gasteiger charge is 2.02. The standard InChI is InChI=1S/C12H12O2/c1-2-3-7-10-14-12(13)11-8-5-4-6-9-11/h2,4-10H,1,3H2. The smallest absolute Gasteiger partial charge is 0.342 e. The maximum Gasteiger partial charge on any atom is 0.342 e. The third-order valence-electron chi connectivity index (χ3n) is 1.58. The quantitative estimate of drug-likeness (QED) is 0.412. The molecule has 72 valence electrons. The van der Waals surface area contributed by atoms with Crippen molar-refractivity contribution in [1.82, 2.24) is 0 Å². The minimum atomic E-state index is -0.342. The SMILES string of the molecule is C=CCC=COC(=O)c1ccccc1. The van der Waals surface area contributed by atoms with Crippen LogP contribution in [0, 0.1) is 0 Å². The predicted molar refractivity (Wildman–Crippen MR) is 55.8 cm³/mol. The van der Waals surface area contributed by atoms with Crippen LogP contribution in [0.25, 0.3) is 0 Å². The van der Waals surface area contributed by atoms with Gasteiger partial charge in [-0.1, -0.05) is 24.3 Å². The van der Waals surface area contributed by atoms with Crippen molar-refractivity contribution >= 4 is 5.97 Å². The van der Waals surface area contributed by atoms with Crippen LogP contribution in [0.1, 0.15) is 16.8 Å². The molecular formula is C12H12O2. The number of carbonyl (C=O) groups excluding carboxylic acids is 1. The molecule has 1 aromatic carbocycles. The zero-order valence-electron chi connectivity index (χ0n) is 7.85. The van der Waals surface area contributed by atoms with Gasteiger partial charge in [-0.25, -0.2) is 4.79 Å². The first-order valence-electron chi connectivity index (χ1n) is 4.36. The lowest BCUT2D eigenvalue weighted by molar-refractivity contribution is 0.0662. The lowest BCUT2D eigenvalue weighted by Gasteiger charge is -1.97. The Bertz CT molecular complexity index is 325. The van der Waals surface area contributed by atoms with E-state index < -0.39 is 0 Å². The Hall–Kier alpha value is -1.83. The van der Waals surface area contributed by atoms with Crippen molar-refractivity contribution in [1.29, 1.82) is 0 Å². The second-order valence-electron chi connectivity index (χ2n) is 2.67. The van der Waals surface area contributed by atoms with Crippen molar-refractivity contribution in [3.8, 4) is 0 Å². The van der Waals surface area contributed by atoms with Gasteiger partial charge in [0, 0.05) is 0 Å². The fraction of sp³-hybridized carbons (Fsp3) is 0.0833. The van der Waals surface area contributed by atoms with Gasteiger partial charge < -0.3 is 4.74 Å². The van der Waals surface area contributed by atoms with Crippen LogP contribution in [0.2, 0.25) is 0 Å². The van der Waals surface area contributed by atoms with E-state index in [0.29, 0.717) is 12.0 Å². The number of hydrogen-bond donors (Lipinski definition) is 0. The molecule has 0 heterocycles. The highest BCUT2D eigenvalue weighted by Crippen LogP contribution is 2.01. The lowest BCUT2D eigenvalue weighted by Crippen LogP contribution is -1.99. The number of allylic oxidation sites excluding steroid dienone is 2. The average molecular weight is 188 g/mol.